The van der Waals surface area contributed by atoms with Crippen molar-refractivity contribution in [3.63, 3.8) is 0 Å². The van der Waals surface area contributed by atoms with Gasteiger partial charge in [-0.2, -0.15) is 18.4 Å². The lowest BCUT2D eigenvalue weighted by Crippen LogP contribution is -2.30. The first-order valence-corrected chi connectivity index (χ1v) is 6.03. The van der Waals surface area contributed by atoms with Gasteiger partial charge in [-0.05, 0) is 37.0 Å². The van der Waals surface area contributed by atoms with E-state index in [9.17, 15) is 13.2 Å². The van der Waals surface area contributed by atoms with Crippen LogP contribution < -0.4 is 11.1 Å². The highest BCUT2D eigenvalue weighted by molar-refractivity contribution is 5.54. The molecule has 0 heterocycles. The van der Waals surface area contributed by atoms with Gasteiger partial charge in [0.05, 0.1) is 17.2 Å². The van der Waals surface area contributed by atoms with Gasteiger partial charge in [0, 0.05) is 18.3 Å². The Bertz CT molecular complexity index is 501. The van der Waals surface area contributed by atoms with Crippen molar-refractivity contribution >= 4 is 5.69 Å². The minimum absolute atomic E-state index is 0.0586. The van der Waals surface area contributed by atoms with E-state index in [1.807, 2.05) is 0 Å². The lowest BCUT2D eigenvalue weighted by Gasteiger charge is -2.18. The van der Waals surface area contributed by atoms with E-state index in [0.717, 1.165) is 18.9 Å². The van der Waals surface area contributed by atoms with Crippen LogP contribution in [0, 0.1) is 17.2 Å². The Morgan fingerprint density at radius 3 is 2.58 bits per heavy atom. The molecule has 19 heavy (non-hydrogen) atoms. The number of nitrogens with two attached hydrogens (primary N) is 1. The SMILES string of the molecule is N#Cc1cc(NC(CN)C2CC2)ccc1C(F)(F)F. The molecule has 1 saturated carbocycles. The summed E-state index contributed by atoms with van der Waals surface area (Å²) in [5, 5.41) is 11.9. The fourth-order valence-electron chi connectivity index (χ4n) is 2.06. The number of halogens is 3. The fraction of sp³-hybridized carbons (Fsp3) is 0.462. The first kappa shape index (κ1) is 13.7. The van der Waals surface area contributed by atoms with Crippen LogP contribution in [0.1, 0.15) is 24.0 Å². The summed E-state index contributed by atoms with van der Waals surface area (Å²) in [5.41, 5.74) is 4.85. The molecule has 1 aliphatic rings. The molecule has 0 aromatic heterocycles. The average molecular weight is 269 g/mol. The van der Waals surface area contributed by atoms with E-state index >= 15 is 0 Å². The molecule has 6 heteroatoms. The smallest absolute Gasteiger partial charge is 0.381 e. The van der Waals surface area contributed by atoms with Crippen LogP contribution >= 0.6 is 0 Å². The summed E-state index contributed by atoms with van der Waals surface area (Å²) in [4.78, 5) is 0. The number of rotatable bonds is 4. The highest BCUT2D eigenvalue weighted by atomic mass is 19.4. The quantitative estimate of drug-likeness (QED) is 0.883. The van der Waals surface area contributed by atoms with Crippen LogP contribution in [0.2, 0.25) is 0 Å². The van der Waals surface area contributed by atoms with Gasteiger partial charge in [-0.15, -0.1) is 0 Å². The van der Waals surface area contributed by atoms with Crippen molar-refractivity contribution in [2.75, 3.05) is 11.9 Å². The number of anilines is 1. The predicted molar refractivity (Wildman–Crippen MR) is 65.3 cm³/mol. The molecule has 2 rings (SSSR count). The molecule has 102 valence electrons. The number of benzene rings is 1. The number of hydrogen-bond acceptors (Lipinski definition) is 3. The molecular weight excluding hydrogens is 255 g/mol. The third-order valence-electron chi connectivity index (χ3n) is 3.24. The Hall–Kier alpha value is -1.74. The predicted octanol–water partition coefficient (Wildman–Crippen LogP) is 2.73. The fourth-order valence-corrected chi connectivity index (χ4v) is 2.06. The maximum Gasteiger partial charge on any atom is 0.417 e. The zero-order valence-corrected chi connectivity index (χ0v) is 10.2. The Morgan fingerprint density at radius 2 is 2.11 bits per heavy atom. The molecule has 0 aliphatic heterocycles. The molecule has 0 amide bonds. The third kappa shape index (κ3) is 3.18. The van der Waals surface area contributed by atoms with Crippen molar-refractivity contribution in [3.8, 4) is 6.07 Å². The lowest BCUT2D eigenvalue weighted by atomic mass is 10.1. The van der Waals surface area contributed by atoms with E-state index in [2.05, 4.69) is 5.32 Å². The Morgan fingerprint density at radius 1 is 1.42 bits per heavy atom. The van der Waals surface area contributed by atoms with Gasteiger partial charge in [0.25, 0.3) is 0 Å². The van der Waals surface area contributed by atoms with Gasteiger partial charge in [-0.1, -0.05) is 0 Å². The van der Waals surface area contributed by atoms with E-state index in [1.54, 1.807) is 6.07 Å². The van der Waals surface area contributed by atoms with Crippen LogP contribution in [0.15, 0.2) is 18.2 Å². The van der Waals surface area contributed by atoms with Gasteiger partial charge in [-0.25, -0.2) is 0 Å². The second-order valence-electron chi connectivity index (χ2n) is 4.69. The van der Waals surface area contributed by atoms with Gasteiger partial charge in [0.2, 0.25) is 0 Å². The van der Waals surface area contributed by atoms with Crippen LogP contribution in [0.3, 0.4) is 0 Å². The van der Waals surface area contributed by atoms with Gasteiger partial charge >= 0.3 is 6.18 Å². The van der Waals surface area contributed by atoms with Crippen molar-refractivity contribution in [1.29, 1.82) is 5.26 Å². The van der Waals surface area contributed by atoms with E-state index in [4.69, 9.17) is 11.0 Å². The number of nitrogens with zero attached hydrogens (tertiary/aromatic N) is 1. The lowest BCUT2D eigenvalue weighted by molar-refractivity contribution is -0.137. The first-order chi connectivity index (χ1) is 8.95. The van der Waals surface area contributed by atoms with Gasteiger partial charge in [0.1, 0.15) is 0 Å². The highest BCUT2D eigenvalue weighted by Gasteiger charge is 2.34. The molecule has 0 saturated heterocycles. The summed E-state index contributed by atoms with van der Waals surface area (Å²) in [6.45, 7) is 0.424. The summed E-state index contributed by atoms with van der Waals surface area (Å²) >= 11 is 0. The highest BCUT2D eigenvalue weighted by Crippen LogP contribution is 2.36. The van der Waals surface area contributed by atoms with Crippen molar-refractivity contribution in [2.45, 2.75) is 25.1 Å². The molecule has 1 aromatic rings. The first-order valence-electron chi connectivity index (χ1n) is 6.03. The van der Waals surface area contributed by atoms with Crippen LogP contribution in [0.5, 0.6) is 0 Å². The van der Waals surface area contributed by atoms with Gasteiger partial charge < -0.3 is 11.1 Å². The molecule has 1 atom stereocenters. The van der Waals surface area contributed by atoms with Crippen LogP contribution in [0.4, 0.5) is 18.9 Å². The van der Waals surface area contributed by atoms with Crippen molar-refractivity contribution < 1.29 is 13.2 Å². The zero-order chi connectivity index (χ0) is 14.0. The van der Waals surface area contributed by atoms with Crippen LogP contribution in [0.25, 0.3) is 0 Å². The zero-order valence-electron chi connectivity index (χ0n) is 10.2. The Labute approximate surface area is 109 Å². The van der Waals surface area contributed by atoms with Crippen molar-refractivity contribution in [3.05, 3.63) is 29.3 Å². The molecule has 1 aliphatic carbocycles. The molecule has 1 fully saturated rings. The normalized spacial score (nSPS) is 16.8. The topological polar surface area (TPSA) is 61.8 Å². The maximum absolute atomic E-state index is 12.6. The molecule has 1 unspecified atom stereocenters. The summed E-state index contributed by atoms with van der Waals surface area (Å²) < 4.78 is 37.9. The Balaban J connectivity index is 2.22. The van der Waals surface area contributed by atoms with E-state index in [1.165, 1.54) is 12.1 Å². The monoisotopic (exact) mass is 269 g/mol. The van der Waals surface area contributed by atoms with E-state index in [-0.39, 0.29) is 11.6 Å². The number of hydrogen-bond donors (Lipinski definition) is 2. The third-order valence-corrected chi connectivity index (χ3v) is 3.24. The van der Waals surface area contributed by atoms with E-state index in [0.29, 0.717) is 18.2 Å². The average Bonchev–Trinajstić information content (AvgIpc) is 3.18. The van der Waals surface area contributed by atoms with Gasteiger partial charge in [0.15, 0.2) is 0 Å². The van der Waals surface area contributed by atoms with Gasteiger partial charge in [-0.3, -0.25) is 0 Å². The molecule has 0 spiro atoms. The molecule has 3 N–H and O–H groups in total. The molecular formula is C13H14F3N3. The largest absolute Gasteiger partial charge is 0.417 e. The number of alkyl halides is 3. The summed E-state index contributed by atoms with van der Waals surface area (Å²) in [6, 6.07) is 5.15. The standard InChI is InChI=1S/C13H14F3N3/c14-13(15,16)11-4-3-10(5-9(11)6-17)19-12(7-18)8-1-2-8/h3-5,8,12,19H,1-2,7,18H2. The van der Waals surface area contributed by atoms with Crippen molar-refractivity contribution in [2.24, 2.45) is 11.7 Å². The summed E-state index contributed by atoms with van der Waals surface area (Å²) in [7, 11) is 0. The maximum atomic E-state index is 12.6. The van der Waals surface area contributed by atoms with E-state index < -0.39 is 11.7 Å². The summed E-state index contributed by atoms with van der Waals surface area (Å²) in [6.07, 6.45) is -2.34. The van der Waals surface area contributed by atoms with Crippen molar-refractivity contribution in [1.82, 2.24) is 0 Å². The second kappa shape index (κ2) is 5.10. The Kier molecular flexibility index (Phi) is 3.67. The second-order valence-corrected chi connectivity index (χ2v) is 4.69. The molecule has 0 bridgehead atoms. The molecule has 1 aromatic carbocycles. The van der Waals surface area contributed by atoms with Crippen LogP contribution in [-0.2, 0) is 6.18 Å². The summed E-state index contributed by atoms with van der Waals surface area (Å²) in [5.74, 6) is 0.484. The number of nitrogens with one attached hydrogen (secondary N) is 1. The minimum Gasteiger partial charge on any atom is -0.381 e. The number of nitriles is 1. The molecule has 0 radical (unpaired) electrons. The van der Waals surface area contributed by atoms with Crippen LogP contribution in [-0.4, -0.2) is 12.6 Å². The molecule has 3 nitrogen and oxygen atoms in total. The minimum atomic E-state index is -4.51.